The number of esters is 1. The van der Waals surface area contributed by atoms with Gasteiger partial charge < -0.3 is 19.0 Å². The molecule has 0 bridgehead atoms. The maximum absolute atomic E-state index is 12.6. The molecule has 29 heavy (non-hydrogen) atoms. The van der Waals surface area contributed by atoms with Gasteiger partial charge in [0.25, 0.3) is 5.91 Å². The van der Waals surface area contributed by atoms with Gasteiger partial charge in [0, 0.05) is 6.54 Å². The molecule has 9 heteroatoms. The largest absolute Gasteiger partial charge is 0.490 e. The minimum absolute atomic E-state index is 0.0175. The van der Waals surface area contributed by atoms with E-state index < -0.39 is 28.6 Å². The molecule has 0 aliphatic carbocycles. The lowest BCUT2D eigenvalue weighted by atomic mass is 10.2. The van der Waals surface area contributed by atoms with Crippen LogP contribution >= 0.6 is 0 Å². The Balaban J connectivity index is 2.13. The summed E-state index contributed by atoms with van der Waals surface area (Å²) in [5, 5.41) is 2.57. The smallest absolute Gasteiger partial charge is 0.339 e. The molecule has 0 saturated heterocycles. The topological polar surface area (TPSA) is 108 Å². The van der Waals surface area contributed by atoms with Crippen LogP contribution in [0.2, 0.25) is 0 Å². The van der Waals surface area contributed by atoms with Crippen molar-refractivity contribution in [2.45, 2.75) is 25.2 Å². The molecule has 0 radical (unpaired) electrons. The van der Waals surface area contributed by atoms with Crippen molar-refractivity contribution >= 4 is 22.0 Å². The predicted molar refractivity (Wildman–Crippen MR) is 105 cm³/mol. The number of hydrogen-bond donors (Lipinski definition) is 1. The maximum atomic E-state index is 12.6. The van der Waals surface area contributed by atoms with Gasteiger partial charge in [0.15, 0.2) is 18.1 Å². The Morgan fingerprint density at radius 3 is 2.41 bits per heavy atom. The van der Waals surface area contributed by atoms with Crippen LogP contribution in [0.25, 0.3) is 0 Å². The first-order valence-electron chi connectivity index (χ1n) is 9.07. The lowest BCUT2D eigenvalue weighted by Crippen LogP contribution is -2.29. The van der Waals surface area contributed by atoms with Crippen LogP contribution in [0.3, 0.4) is 0 Å². The van der Waals surface area contributed by atoms with Gasteiger partial charge in [0.05, 0.1) is 12.2 Å². The van der Waals surface area contributed by atoms with E-state index in [-0.39, 0.29) is 22.0 Å². The van der Waals surface area contributed by atoms with Gasteiger partial charge in [-0.3, -0.25) is 4.79 Å². The molecule has 1 amide bonds. The van der Waals surface area contributed by atoms with Gasteiger partial charge in [-0.25, -0.2) is 4.79 Å². The zero-order valence-corrected chi connectivity index (χ0v) is 17.0. The fraction of sp³-hybridized carbons (Fsp3) is 0.300. The Hall–Kier alpha value is -3.07. The number of rotatable bonds is 10. The third kappa shape index (κ3) is 6.49. The van der Waals surface area contributed by atoms with E-state index in [0.29, 0.717) is 13.2 Å². The summed E-state index contributed by atoms with van der Waals surface area (Å²) >= 11 is 0. The highest BCUT2D eigenvalue weighted by molar-refractivity contribution is 7.87. The van der Waals surface area contributed by atoms with E-state index in [1.807, 2.05) is 6.92 Å². The number of amides is 1. The molecular formula is C20H23NO7S. The molecule has 0 spiro atoms. The Kier molecular flexibility index (Phi) is 8.02. The van der Waals surface area contributed by atoms with Gasteiger partial charge in [-0.05, 0) is 43.7 Å². The molecule has 0 atom stereocenters. The average Bonchev–Trinajstić information content (AvgIpc) is 2.72. The fourth-order valence-corrected chi connectivity index (χ4v) is 3.26. The molecule has 0 aliphatic rings. The van der Waals surface area contributed by atoms with Crippen molar-refractivity contribution in [3.63, 3.8) is 0 Å². The van der Waals surface area contributed by atoms with E-state index in [1.165, 1.54) is 24.3 Å². The highest BCUT2D eigenvalue weighted by Crippen LogP contribution is 2.29. The second-order valence-corrected chi connectivity index (χ2v) is 7.42. The molecular weight excluding hydrogens is 398 g/mol. The number of benzene rings is 2. The summed E-state index contributed by atoms with van der Waals surface area (Å²) in [6.07, 6.45) is 0.756. The fourth-order valence-electron chi connectivity index (χ4n) is 2.27. The van der Waals surface area contributed by atoms with Crippen molar-refractivity contribution in [2.24, 2.45) is 0 Å². The van der Waals surface area contributed by atoms with E-state index in [0.717, 1.165) is 12.5 Å². The van der Waals surface area contributed by atoms with Crippen LogP contribution in [-0.4, -0.2) is 40.1 Å². The Labute approximate surface area is 169 Å². The Morgan fingerprint density at radius 2 is 1.72 bits per heavy atom. The molecule has 0 unspecified atom stereocenters. The summed E-state index contributed by atoms with van der Waals surface area (Å²) in [4.78, 5) is 23.4. The average molecular weight is 421 g/mol. The number of hydrogen-bond acceptors (Lipinski definition) is 7. The number of carbonyl (C=O) groups is 2. The predicted octanol–water partition coefficient (Wildman–Crippen LogP) is 2.54. The van der Waals surface area contributed by atoms with Crippen LogP contribution in [0.15, 0.2) is 53.4 Å². The summed E-state index contributed by atoms with van der Waals surface area (Å²) < 4.78 is 40.7. The van der Waals surface area contributed by atoms with E-state index in [1.54, 1.807) is 25.1 Å². The molecule has 0 saturated carbocycles. The Morgan fingerprint density at radius 1 is 1.00 bits per heavy atom. The van der Waals surface area contributed by atoms with E-state index in [4.69, 9.17) is 13.7 Å². The SMILES string of the molecule is CCCNC(=O)COC(=O)c1cccc(S(=O)(=O)Oc2ccccc2OCC)c1. The second kappa shape index (κ2) is 10.5. The molecule has 2 aromatic carbocycles. The van der Waals surface area contributed by atoms with Crippen molar-refractivity contribution in [2.75, 3.05) is 19.8 Å². The third-order valence-corrected chi connectivity index (χ3v) is 4.84. The number of ether oxygens (including phenoxy) is 2. The lowest BCUT2D eigenvalue weighted by Gasteiger charge is -2.12. The van der Waals surface area contributed by atoms with Gasteiger partial charge >= 0.3 is 16.1 Å². The first-order chi connectivity index (χ1) is 13.9. The van der Waals surface area contributed by atoms with E-state index >= 15 is 0 Å². The van der Waals surface area contributed by atoms with Crippen LogP contribution in [-0.2, 0) is 19.6 Å². The molecule has 0 aromatic heterocycles. The number of para-hydroxylation sites is 2. The molecule has 2 aromatic rings. The monoisotopic (exact) mass is 421 g/mol. The van der Waals surface area contributed by atoms with Crippen molar-refractivity contribution in [3.8, 4) is 11.5 Å². The standard InChI is InChI=1S/C20H23NO7S/c1-3-12-21-19(22)14-27-20(23)15-8-7-9-16(13-15)29(24,25)28-18-11-6-5-10-17(18)26-4-2/h5-11,13H,3-4,12,14H2,1-2H3,(H,21,22). The van der Waals surface area contributed by atoms with E-state index in [2.05, 4.69) is 5.32 Å². The zero-order chi connectivity index (χ0) is 21.3. The van der Waals surface area contributed by atoms with Crippen LogP contribution in [0.4, 0.5) is 0 Å². The highest BCUT2D eigenvalue weighted by Gasteiger charge is 2.21. The molecule has 156 valence electrons. The summed E-state index contributed by atoms with van der Waals surface area (Å²) in [5.41, 5.74) is -0.0175. The zero-order valence-electron chi connectivity index (χ0n) is 16.2. The molecule has 2 rings (SSSR count). The quantitative estimate of drug-likeness (QED) is 0.464. The molecule has 1 N–H and O–H groups in total. The van der Waals surface area contributed by atoms with Gasteiger partial charge in [-0.2, -0.15) is 8.42 Å². The summed E-state index contributed by atoms with van der Waals surface area (Å²) in [6.45, 7) is 4.03. The minimum Gasteiger partial charge on any atom is -0.490 e. The van der Waals surface area contributed by atoms with Crippen LogP contribution in [0, 0.1) is 0 Å². The lowest BCUT2D eigenvalue weighted by molar-refractivity contribution is -0.124. The summed E-state index contributed by atoms with van der Waals surface area (Å²) in [7, 11) is -4.22. The summed E-state index contributed by atoms with van der Waals surface area (Å²) in [6, 6.07) is 11.6. The molecule has 0 fully saturated rings. The summed E-state index contributed by atoms with van der Waals surface area (Å²) in [5.74, 6) is -0.926. The number of carbonyl (C=O) groups excluding carboxylic acids is 2. The van der Waals surface area contributed by atoms with Gasteiger partial charge in [-0.1, -0.05) is 25.1 Å². The Bertz CT molecular complexity index is 957. The molecule has 0 aliphatic heterocycles. The first-order valence-corrected chi connectivity index (χ1v) is 10.5. The first kappa shape index (κ1) is 22.2. The van der Waals surface area contributed by atoms with Crippen molar-refractivity contribution in [3.05, 3.63) is 54.1 Å². The van der Waals surface area contributed by atoms with Crippen molar-refractivity contribution in [1.82, 2.24) is 5.32 Å². The third-order valence-electron chi connectivity index (χ3n) is 3.61. The molecule has 0 heterocycles. The number of nitrogens with one attached hydrogen (secondary N) is 1. The van der Waals surface area contributed by atoms with Crippen molar-refractivity contribution < 1.29 is 31.7 Å². The van der Waals surface area contributed by atoms with Crippen LogP contribution in [0.1, 0.15) is 30.6 Å². The minimum atomic E-state index is -4.22. The van der Waals surface area contributed by atoms with Gasteiger partial charge in [-0.15, -0.1) is 0 Å². The second-order valence-electron chi connectivity index (χ2n) is 5.87. The van der Waals surface area contributed by atoms with Crippen LogP contribution in [0.5, 0.6) is 11.5 Å². The van der Waals surface area contributed by atoms with Crippen molar-refractivity contribution in [1.29, 1.82) is 0 Å². The van der Waals surface area contributed by atoms with E-state index in [9.17, 15) is 18.0 Å². The van der Waals surface area contributed by atoms with Gasteiger partial charge in [0.1, 0.15) is 4.90 Å². The normalized spacial score (nSPS) is 10.8. The van der Waals surface area contributed by atoms with Crippen LogP contribution < -0.4 is 14.2 Å². The maximum Gasteiger partial charge on any atom is 0.339 e. The van der Waals surface area contributed by atoms with Gasteiger partial charge in [0.2, 0.25) is 0 Å². The molecule has 8 nitrogen and oxygen atoms in total. The highest BCUT2D eigenvalue weighted by atomic mass is 32.2.